The lowest BCUT2D eigenvalue weighted by Crippen LogP contribution is -2.36. The van der Waals surface area contributed by atoms with Gasteiger partial charge in [-0.15, -0.1) is 0 Å². The third kappa shape index (κ3) is 4.16. The Kier molecular flexibility index (Phi) is 5.29. The Morgan fingerprint density at radius 2 is 1.96 bits per heavy atom. The number of carbonyl (C=O) groups excluding carboxylic acids is 1. The molecule has 2 aromatic rings. The van der Waals surface area contributed by atoms with Gasteiger partial charge < -0.3 is 9.80 Å². The van der Waals surface area contributed by atoms with E-state index in [0.29, 0.717) is 12.3 Å². The maximum Gasteiger partial charge on any atom is 0.225 e. The standard InChI is InChI=1S/C22H27FN4O/c1-15-20(14-17-5-3-6-19(23)13-17)21(25-16(2)24-15)26-9-4-10-27(12-11-26)22(28)18-7-8-18/h3,5-6,13,18H,4,7-12,14H2,1-2H3. The maximum atomic E-state index is 13.7. The van der Waals surface area contributed by atoms with Crippen LogP contribution in [0.1, 0.15) is 41.9 Å². The molecule has 28 heavy (non-hydrogen) atoms. The molecule has 0 atom stereocenters. The molecular weight excluding hydrogens is 355 g/mol. The van der Waals surface area contributed by atoms with Crippen molar-refractivity contribution >= 4 is 11.7 Å². The number of nitrogens with zero attached hydrogens (tertiary/aromatic N) is 4. The Morgan fingerprint density at radius 1 is 1.14 bits per heavy atom. The van der Waals surface area contributed by atoms with Gasteiger partial charge in [0.2, 0.25) is 5.91 Å². The van der Waals surface area contributed by atoms with Crippen LogP contribution in [0.2, 0.25) is 0 Å². The number of aryl methyl sites for hydroxylation is 2. The smallest absolute Gasteiger partial charge is 0.225 e. The van der Waals surface area contributed by atoms with Crippen molar-refractivity contribution in [3.05, 3.63) is 52.7 Å². The molecule has 0 unspecified atom stereocenters. The van der Waals surface area contributed by atoms with Crippen LogP contribution in [0.25, 0.3) is 0 Å². The van der Waals surface area contributed by atoms with Crippen LogP contribution in [0.3, 0.4) is 0 Å². The van der Waals surface area contributed by atoms with Crippen molar-refractivity contribution < 1.29 is 9.18 Å². The minimum atomic E-state index is -0.228. The average molecular weight is 382 g/mol. The van der Waals surface area contributed by atoms with E-state index in [-0.39, 0.29) is 11.7 Å². The van der Waals surface area contributed by atoms with E-state index in [2.05, 4.69) is 9.88 Å². The molecule has 0 bridgehead atoms. The highest BCUT2D eigenvalue weighted by Gasteiger charge is 2.34. The van der Waals surface area contributed by atoms with E-state index in [1.165, 1.54) is 6.07 Å². The molecule has 1 aromatic heterocycles. The van der Waals surface area contributed by atoms with Crippen LogP contribution in [0, 0.1) is 25.6 Å². The topological polar surface area (TPSA) is 49.3 Å². The monoisotopic (exact) mass is 382 g/mol. The van der Waals surface area contributed by atoms with Gasteiger partial charge in [-0.3, -0.25) is 4.79 Å². The van der Waals surface area contributed by atoms with Crippen LogP contribution in [0.15, 0.2) is 24.3 Å². The molecule has 1 amide bonds. The average Bonchev–Trinajstić information content (AvgIpc) is 3.50. The van der Waals surface area contributed by atoms with E-state index < -0.39 is 0 Å². The summed E-state index contributed by atoms with van der Waals surface area (Å²) in [4.78, 5) is 26.0. The summed E-state index contributed by atoms with van der Waals surface area (Å²) in [5.74, 6) is 2.02. The summed E-state index contributed by atoms with van der Waals surface area (Å²) in [6.45, 7) is 7.08. The van der Waals surface area contributed by atoms with E-state index in [9.17, 15) is 9.18 Å². The van der Waals surface area contributed by atoms with E-state index in [1.807, 2.05) is 24.8 Å². The van der Waals surface area contributed by atoms with E-state index >= 15 is 0 Å². The number of amides is 1. The van der Waals surface area contributed by atoms with Gasteiger partial charge in [0.25, 0.3) is 0 Å². The van der Waals surface area contributed by atoms with Gasteiger partial charge >= 0.3 is 0 Å². The first-order chi connectivity index (χ1) is 13.5. The van der Waals surface area contributed by atoms with Gasteiger partial charge in [-0.25, -0.2) is 14.4 Å². The summed E-state index contributed by atoms with van der Waals surface area (Å²) in [6.07, 6.45) is 3.61. The highest BCUT2D eigenvalue weighted by Crippen LogP contribution is 2.32. The van der Waals surface area contributed by atoms with Crippen molar-refractivity contribution in [3.8, 4) is 0 Å². The Morgan fingerprint density at radius 3 is 2.71 bits per heavy atom. The number of rotatable bonds is 4. The quantitative estimate of drug-likeness (QED) is 0.814. The molecule has 2 aliphatic rings. The van der Waals surface area contributed by atoms with Crippen molar-refractivity contribution in [1.29, 1.82) is 0 Å². The third-order valence-corrected chi connectivity index (χ3v) is 5.61. The SMILES string of the molecule is Cc1nc(C)c(Cc2cccc(F)c2)c(N2CCCN(C(=O)C3CC3)CC2)n1. The summed E-state index contributed by atoms with van der Waals surface area (Å²) >= 11 is 0. The van der Waals surface area contributed by atoms with Gasteiger partial charge in [-0.2, -0.15) is 0 Å². The van der Waals surface area contributed by atoms with Gasteiger partial charge in [0.15, 0.2) is 0 Å². The van der Waals surface area contributed by atoms with Crippen molar-refractivity contribution in [2.45, 2.75) is 39.5 Å². The highest BCUT2D eigenvalue weighted by molar-refractivity contribution is 5.81. The predicted molar refractivity (Wildman–Crippen MR) is 107 cm³/mol. The zero-order valence-electron chi connectivity index (χ0n) is 16.6. The summed E-state index contributed by atoms with van der Waals surface area (Å²) in [6, 6.07) is 6.71. The van der Waals surface area contributed by atoms with Crippen LogP contribution >= 0.6 is 0 Å². The van der Waals surface area contributed by atoms with Gasteiger partial charge in [-0.1, -0.05) is 12.1 Å². The largest absolute Gasteiger partial charge is 0.354 e. The lowest BCUT2D eigenvalue weighted by Gasteiger charge is -2.26. The normalized spacial score (nSPS) is 17.5. The number of aromatic nitrogens is 2. The molecule has 5 nitrogen and oxygen atoms in total. The first-order valence-electron chi connectivity index (χ1n) is 10.1. The Bertz CT molecular complexity index is 881. The highest BCUT2D eigenvalue weighted by atomic mass is 19.1. The molecule has 1 saturated carbocycles. The number of carbonyl (C=O) groups is 1. The Balaban J connectivity index is 1.58. The molecule has 0 spiro atoms. The summed E-state index contributed by atoms with van der Waals surface area (Å²) < 4.78 is 13.7. The van der Waals surface area contributed by atoms with Gasteiger partial charge in [-0.05, 0) is 50.8 Å². The van der Waals surface area contributed by atoms with Crippen molar-refractivity contribution in [2.24, 2.45) is 5.92 Å². The van der Waals surface area contributed by atoms with Crippen molar-refractivity contribution in [2.75, 3.05) is 31.1 Å². The number of benzene rings is 1. The number of halogens is 1. The van der Waals surface area contributed by atoms with Gasteiger partial charge in [0.05, 0.1) is 0 Å². The molecule has 148 valence electrons. The fourth-order valence-corrected chi connectivity index (χ4v) is 3.98. The molecule has 0 N–H and O–H groups in total. The third-order valence-electron chi connectivity index (χ3n) is 5.61. The van der Waals surface area contributed by atoms with Crippen LogP contribution < -0.4 is 4.90 Å². The fourth-order valence-electron chi connectivity index (χ4n) is 3.98. The zero-order valence-corrected chi connectivity index (χ0v) is 16.6. The molecule has 6 heteroatoms. The van der Waals surface area contributed by atoms with E-state index in [0.717, 1.165) is 73.9 Å². The second-order valence-electron chi connectivity index (χ2n) is 7.91. The lowest BCUT2D eigenvalue weighted by molar-refractivity contribution is -0.132. The summed E-state index contributed by atoms with van der Waals surface area (Å²) in [5.41, 5.74) is 2.89. The maximum absolute atomic E-state index is 13.7. The van der Waals surface area contributed by atoms with E-state index in [1.54, 1.807) is 12.1 Å². The molecule has 1 aliphatic heterocycles. The van der Waals surface area contributed by atoms with Gasteiger partial charge in [0, 0.05) is 49.8 Å². The second-order valence-corrected chi connectivity index (χ2v) is 7.91. The summed E-state index contributed by atoms with van der Waals surface area (Å²) in [7, 11) is 0. The molecule has 0 radical (unpaired) electrons. The van der Waals surface area contributed by atoms with Crippen LogP contribution in [0.4, 0.5) is 10.2 Å². The Labute approximate surface area is 165 Å². The lowest BCUT2D eigenvalue weighted by atomic mass is 10.0. The molecule has 2 fully saturated rings. The molecular formula is C22H27FN4O. The summed E-state index contributed by atoms with van der Waals surface area (Å²) in [5, 5.41) is 0. The minimum Gasteiger partial charge on any atom is -0.354 e. The minimum absolute atomic E-state index is 0.228. The van der Waals surface area contributed by atoms with Crippen LogP contribution in [-0.2, 0) is 11.2 Å². The molecule has 1 aliphatic carbocycles. The second kappa shape index (κ2) is 7.86. The molecule has 1 aromatic carbocycles. The van der Waals surface area contributed by atoms with Crippen LogP contribution in [-0.4, -0.2) is 47.0 Å². The number of anilines is 1. The zero-order chi connectivity index (χ0) is 19.7. The fraction of sp³-hybridized carbons (Fsp3) is 0.500. The van der Waals surface area contributed by atoms with Crippen LogP contribution in [0.5, 0.6) is 0 Å². The number of hydrogen-bond donors (Lipinski definition) is 0. The first kappa shape index (κ1) is 18.8. The molecule has 4 rings (SSSR count). The van der Waals surface area contributed by atoms with Crippen molar-refractivity contribution in [3.63, 3.8) is 0 Å². The first-order valence-corrected chi connectivity index (χ1v) is 10.1. The predicted octanol–water partition coefficient (Wildman–Crippen LogP) is 3.27. The van der Waals surface area contributed by atoms with Gasteiger partial charge in [0.1, 0.15) is 17.5 Å². The number of hydrogen-bond acceptors (Lipinski definition) is 4. The van der Waals surface area contributed by atoms with E-state index in [4.69, 9.17) is 4.98 Å². The molecule has 1 saturated heterocycles. The van der Waals surface area contributed by atoms with Crippen molar-refractivity contribution in [1.82, 2.24) is 14.9 Å². The molecule has 2 heterocycles. The Hall–Kier alpha value is -2.50.